The van der Waals surface area contributed by atoms with Crippen LogP contribution < -0.4 is 5.32 Å². The molecular formula is C18H25FN6O3. The average Bonchev–Trinajstić information content (AvgIpc) is 3.17. The van der Waals surface area contributed by atoms with Crippen LogP contribution in [0.4, 0.5) is 4.39 Å². The van der Waals surface area contributed by atoms with E-state index in [4.69, 9.17) is 9.47 Å². The third kappa shape index (κ3) is 6.04. The Labute approximate surface area is 162 Å². The molecular weight excluding hydrogens is 367 g/mol. The smallest absolute Gasteiger partial charge is 0.234 e. The van der Waals surface area contributed by atoms with Gasteiger partial charge in [-0.25, -0.2) is 4.39 Å². The lowest BCUT2D eigenvalue weighted by Crippen LogP contribution is -2.44. The minimum atomic E-state index is -0.308. The molecule has 1 aliphatic rings. The molecule has 1 unspecified atom stereocenters. The van der Waals surface area contributed by atoms with E-state index in [1.807, 2.05) is 4.90 Å². The third-order valence-corrected chi connectivity index (χ3v) is 4.42. The lowest BCUT2D eigenvalue weighted by Gasteiger charge is -2.30. The number of hydrogen-bond donors (Lipinski definition) is 1. The molecule has 0 bridgehead atoms. The molecule has 1 atom stereocenters. The number of methoxy groups -OCH3 is 1. The predicted octanol–water partition coefficient (Wildman–Crippen LogP) is 0.191. The summed E-state index contributed by atoms with van der Waals surface area (Å²) >= 11 is 0. The summed E-state index contributed by atoms with van der Waals surface area (Å²) in [6.45, 7) is 3.51. The molecule has 1 aromatic heterocycles. The highest BCUT2D eigenvalue weighted by Crippen LogP contribution is 2.18. The molecule has 9 nitrogen and oxygen atoms in total. The van der Waals surface area contributed by atoms with Gasteiger partial charge < -0.3 is 14.8 Å². The Bertz CT molecular complexity index is 754. The van der Waals surface area contributed by atoms with E-state index in [9.17, 15) is 9.18 Å². The molecule has 0 saturated carbocycles. The number of amides is 1. The third-order valence-electron chi connectivity index (χ3n) is 4.42. The zero-order valence-electron chi connectivity index (χ0n) is 15.9. The van der Waals surface area contributed by atoms with Crippen molar-refractivity contribution in [3.8, 4) is 0 Å². The molecule has 28 heavy (non-hydrogen) atoms. The second kappa shape index (κ2) is 10.2. The normalized spacial score (nSPS) is 17.6. The van der Waals surface area contributed by atoms with Crippen LogP contribution in [0.3, 0.4) is 0 Å². The van der Waals surface area contributed by atoms with Crippen LogP contribution in [0.15, 0.2) is 24.3 Å². The number of ether oxygens (including phenoxy) is 2. The number of rotatable bonds is 9. The second-order valence-corrected chi connectivity index (χ2v) is 6.56. The molecule has 0 spiro atoms. The first-order valence-electron chi connectivity index (χ1n) is 9.26. The molecule has 0 radical (unpaired) electrons. The molecule has 1 aromatic carbocycles. The largest absolute Gasteiger partial charge is 0.383 e. The zero-order valence-corrected chi connectivity index (χ0v) is 15.9. The van der Waals surface area contributed by atoms with Crippen molar-refractivity contribution in [3.63, 3.8) is 0 Å². The Morgan fingerprint density at radius 1 is 1.39 bits per heavy atom. The Hall–Kier alpha value is -2.43. The molecule has 2 heterocycles. The number of benzene rings is 1. The van der Waals surface area contributed by atoms with E-state index in [1.165, 1.54) is 16.9 Å². The number of halogens is 1. The van der Waals surface area contributed by atoms with Gasteiger partial charge in [0, 0.05) is 26.7 Å². The second-order valence-electron chi connectivity index (χ2n) is 6.56. The molecule has 1 N–H and O–H groups in total. The van der Waals surface area contributed by atoms with Crippen LogP contribution in [0.5, 0.6) is 0 Å². The average molecular weight is 392 g/mol. The Kier molecular flexibility index (Phi) is 7.40. The quantitative estimate of drug-likeness (QED) is 0.651. The summed E-state index contributed by atoms with van der Waals surface area (Å²) in [5.74, 6) is 0.194. The number of morpholine rings is 1. The Morgan fingerprint density at radius 3 is 3.00 bits per heavy atom. The number of hydrogen-bond acceptors (Lipinski definition) is 7. The van der Waals surface area contributed by atoms with Gasteiger partial charge in [-0.15, -0.1) is 10.2 Å². The summed E-state index contributed by atoms with van der Waals surface area (Å²) in [5.41, 5.74) is 0.982. The molecule has 10 heteroatoms. The predicted molar refractivity (Wildman–Crippen MR) is 97.9 cm³/mol. The highest BCUT2D eigenvalue weighted by molar-refractivity contribution is 5.78. The van der Waals surface area contributed by atoms with Gasteiger partial charge in [0.15, 0.2) is 0 Å². The van der Waals surface area contributed by atoms with Gasteiger partial charge in [-0.05, 0) is 29.3 Å². The van der Waals surface area contributed by atoms with Crippen LogP contribution in [0.2, 0.25) is 0 Å². The van der Waals surface area contributed by atoms with Gasteiger partial charge in [0.05, 0.1) is 26.3 Å². The first kappa shape index (κ1) is 20.3. The van der Waals surface area contributed by atoms with Gasteiger partial charge in [0.2, 0.25) is 11.7 Å². The number of nitrogens with one attached hydrogen (secondary N) is 1. The van der Waals surface area contributed by atoms with Crippen molar-refractivity contribution in [1.82, 2.24) is 30.4 Å². The summed E-state index contributed by atoms with van der Waals surface area (Å²) in [4.78, 5) is 15.7. The number of nitrogens with zero attached hydrogens (tertiary/aromatic N) is 5. The van der Waals surface area contributed by atoms with Gasteiger partial charge in [-0.1, -0.05) is 12.1 Å². The maximum Gasteiger partial charge on any atom is 0.234 e. The maximum atomic E-state index is 12.9. The SMILES string of the molecule is COCCn1nnc(C2CN(CC(=O)NCCc3ccc(F)cc3)CCO2)n1. The van der Waals surface area contributed by atoms with Crippen molar-refractivity contribution in [2.24, 2.45) is 0 Å². The minimum Gasteiger partial charge on any atom is -0.383 e. The summed E-state index contributed by atoms with van der Waals surface area (Å²) in [7, 11) is 1.62. The van der Waals surface area contributed by atoms with Gasteiger partial charge >= 0.3 is 0 Å². The van der Waals surface area contributed by atoms with E-state index in [1.54, 1.807) is 19.2 Å². The van der Waals surface area contributed by atoms with Crippen molar-refractivity contribution in [1.29, 1.82) is 0 Å². The van der Waals surface area contributed by atoms with E-state index in [0.29, 0.717) is 51.6 Å². The van der Waals surface area contributed by atoms with Crippen LogP contribution >= 0.6 is 0 Å². The Balaban J connectivity index is 1.41. The molecule has 3 rings (SSSR count). The molecule has 1 saturated heterocycles. The van der Waals surface area contributed by atoms with Crippen molar-refractivity contribution >= 4 is 5.91 Å². The van der Waals surface area contributed by atoms with Crippen LogP contribution in [0.1, 0.15) is 17.5 Å². The van der Waals surface area contributed by atoms with E-state index in [2.05, 4.69) is 20.7 Å². The van der Waals surface area contributed by atoms with Gasteiger partial charge in [0.1, 0.15) is 11.9 Å². The fraction of sp³-hybridized carbons (Fsp3) is 0.556. The Morgan fingerprint density at radius 2 is 2.21 bits per heavy atom. The molecule has 1 aliphatic heterocycles. The molecule has 1 amide bonds. The van der Waals surface area contributed by atoms with Crippen molar-refractivity contribution in [3.05, 3.63) is 41.5 Å². The van der Waals surface area contributed by atoms with E-state index < -0.39 is 0 Å². The minimum absolute atomic E-state index is 0.0560. The lowest BCUT2D eigenvalue weighted by molar-refractivity contribution is -0.124. The van der Waals surface area contributed by atoms with Crippen molar-refractivity contribution in [2.75, 3.05) is 46.5 Å². The van der Waals surface area contributed by atoms with Crippen LogP contribution in [-0.4, -0.2) is 77.5 Å². The summed E-state index contributed by atoms with van der Waals surface area (Å²) in [6.07, 6.45) is 0.351. The highest BCUT2D eigenvalue weighted by Gasteiger charge is 2.26. The topological polar surface area (TPSA) is 94.4 Å². The van der Waals surface area contributed by atoms with Crippen LogP contribution in [-0.2, 0) is 27.2 Å². The van der Waals surface area contributed by atoms with E-state index in [-0.39, 0.29) is 24.4 Å². The summed E-state index contributed by atoms with van der Waals surface area (Å²) < 4.78 is 23.6. The summed E-state index contributed by atoms with van der Waals surface area (Å²) in [6, 6.07) is 6.29. The van der Waals surface area contributed by atoms with Crippen LogP contribution in [0, 0.1) is 5.82 Å². The standard InChI is InChI=1S/C18H25FN6O3/c1-27-10-9-25-22-18(21-23-25)16-12-24(8-11-28-16)13-17(26)20-7-6-14-2-4-15(19)5-3-14/h2-5,16H,6-13H2,1H3,(H,20,26). The first-order valence-corrected chi connectivity index (χ1v) is 9.26. The zero-order chi connectivity index (χ0) is 19.8. The first-order chi connectivity index (χ1) is 13.6. The van der Waals surface area contributed by atoms with Crippen LogP contribution in [0.25, 0.3) is 0 Å². The monoisotopic (exact) mass is 392 g/mol. The van der Waals surface area contributed by atoms with Gasteiger partial charge in [-0.3, -0.25) is 9.69 Å². The summed E-state index contributed by atoms with van der Waals surface area (Å²) in [5, 5.41) is 15.2. The molecule has 152 valence electrons. The number of carbonyl (C=O) groups excluding carboxylic acids is 1. The fourth-order valence-electron chi connectivity index (χ4n) is 2.91. The highest BCUT2D eigenvalue weighted by atomic mass is 19.1. The molecule has 0 aliphatic carbocycles. The van der Waals surface area contributed by atoms with Crippen molar-refractivity contribution in [2.45, 2.75) is 19.1 Å². The molecule has 1 fully saturated rings. The van der Waals surface area contributed by atoms with Gasteiger partial charge in [0.25, 0.3) is 0 Å². The van der Waals surface area contributed by atoms with E-state index >= 15 is 0 Å². The molecule has 2 aromatic rings. The number of carbonyl (C=O) groups is 1. The number of tetrazole rings is 1. The lowest BCUT2D eigenvalue weighted by atomic mass is 10.1. The fourth-order valence-corrected chi connectivity index (χ4v) is 2.91. The van der Waals surface area contributed by atoms with Crippen molar-refractivity contribution < 1.29 is 18.7 Å². The van der Waals surface area contributed by atoms with Gasteiger partial charge in [-0.2, -0.15) is 4.80 Å². The number of aromatic nitrogens is 4. The maximum absolute atomic E-state index is 12.9. The van der Waals surface area contributed by atoms with E-state index in [0.717, 1.165) is 5.56 Å².